The summed E-state index contributed by atoms with van der Waals surface area (Å²) in [4.78, 5) is 153. The van der Waals surface area contributed by atoms with Gasteiger partial charge in [-0.3, -0.25) is 52.7 Å². The van der Waals surface area contributed by atoms with Crippen LogP contribution in [0.4, 0.5) is 0 Å². The predicted octanol–water partition coefficient (Wildman–Crippen LogP) is 7.74. The first-order valence-corrected chi connectivity index (χ1v) is 32.4. The molecule has 4 unspecified atom stereocenters. The summed E-state index contributed by atoms with van der Waals surface area (Å²) < 4.78 is 0. The van der Waals surface area contributed by atoms with Crippen molar-refractivity contribution in [2.24, 2.45) is 17.8 Å². The fourth-order valence-corrected chi connectivity index (χ4v) is 10.7. The van der Waals surface area contributed by atoms with Gasteiger partial charge < -0.3 is 56.2 Å². The van der Waals surface area contributed by atoms with Crippen molar-refractivity contribution in [1.29, 1.82) is 0 Å². The lowest BCUT2D eigenvalue weighted by atomic mass is 9.99. The Morgan fingerprint density at radius 3 is 1.14 bits per heavy atom. The first-order chi connectivity index (χ1) is 41.4. The van der Waals surface area contributed by atoms with Gasteiger partial charge in [-0.1, -0.05) is 131 Å². The molecule has 22 heteroatoms. The second-order valence-corrected chi connectivity index (χ2v) is 23.8. The quantitative estimate of drug-likeness (QED) is 0.0307. The second kappa shape index (κ2) is 45.6. The van der Waals surface area contributed by atoms with E-state index in [2.05, 4.69) is 21.3 Å². The lowest BCUT2D eigenvalue weighted by Crippen LogP contribution is -2.54. The van der Waals surface area contributed by atoms with Gasteiger partial charge >= 0.3 is 17.9 Å². The SMILES string of the molecule is CCCCCNC(=O)C(C(C)C)N(CCCC(=O)O)C(=O)CCCC(=O)N(CCCCCC(=O)N(CCC)C(C(=O)NCCCCCC(=O)O)C(C)C)C(Cc1ccccc1)C(=O)NCCC(=O)N(CCCC(=O)O)C(C(=O)NCCCCC)C(C)C. The van der Waals surface area contributed by atoms with Gasteiger partial charge in [0.25, 0.3) is 0 Å². The van der Waals surface area contributed by atoms with Gasteiger partial charge in [0.2, 0.25) is 47.3 Å². The zero-order valence-corrected chi connectivity index (χ0v) is 54.2. The molecule has 0 aromatic heterocycles. The van der Waals surface area contributed by atoms with E-state index in [0.29, 0.717) is 71.1 Å². The minimum atomic E-state index is -1.13. The number of carbonyl (C=O) groups excluding carboxylic acids is 8. The number of hydrogen-bond donors (Lipinski definition) is 7. The van der Waals surface area contributed by atoms with Crippen LogP contribution in [-0.4, -0.2) is 177 Å². The van der Waals surface area contributed by atoms with Crippen LogP contribution in [0.5, 0.6) is 0 Å². The van der Waals surface area contributed by atoms with Crippen LogP contribution >= 0.6 is 0 Å². The molecular weight excluding hydrogens is 1120 g/mol. The van der Waals surface area contributed by atoms with Crippen LogP contribution < -0.4 is 21.3 Å². The highest BCUT2D eigenvalue weighted by Crippen LogP contribution is 2.21. The minimum Gasteiger partial charge on any atom is -0.481 e. The van der Waals surface area contributed by atoms with Crippen molar-refractivity contribution in [1.82, 2.24) is 40.9 Å². The molecule has 87 heavy (non-hydrogen) atoms. The van der Waals surface area contributed by atoms with Crippen LogP contribution in [0, 0.1) is 17.8 Å². The summed E-state index contributed by atoms with van der Waals surface area (Å²) in [5.74, 6) is -6.95. The van der Waals surface area contributed by atoms with Crippen LogP contribution in [0.25, 0.3) is 0 Å². The summed E-state index contributed by atoms with van der Waals surface area (Å²) in [7, 11) is 0. The number of carboxylic acid groups (broad SMARTS) is 3. The summed E-state index contributed by atoms with van der Waals surface area (Å²) >= 11 is 0. The summed E-state index contributed by atoms with van der Waals surface area (Å²) in [6.45, 7) is 18.4. The standard InChI is InChI=1S/C65H110N8O14/c1-10-13-22-38-66-64(86)60(48(6)7)72(44-27-35-57(80)81)54(76)33-26-32-52(74)70(43-25-17-20-31-53(75)71(42-12-3)59(47(4)5)63(85)68-40-24-16-21-34-56(78)79)51(46-50-29-18-15-19-30-50)62(84)69-41-37-55(77)73(45-28-36-58(82)83)61(49(8)9)65(87)67-39-23-14-11-2/h15,18-19,29-30,47-49,51,59-61H,10-14,16-17,20-28,31-46H2,1-9H3,(H,66,86)(H,67,87)(H,68,85)(H,69,84)(H,78,79)(H,80,81)(H,82,83). The molecule has 0 aliphatic carbocycles. The second-order valence-electron chi connectivity index (χ2n) is 23.8. The van der Waals surface area contributed by atoms with Gasteiger partial charge in [-0.05, 0) is 87.5 Å². The van der Waals surface area contributed by atoms with E-state index in [9.17, 15) is 63.0 Å². The molecule has 4 atom stereocenters. The predicted molar refractivity (Wildman–Crippen MR) is 335 cm³/mol. The molecule has 0 bridgehead atoms. The Labute approximate surface area is 518 Å². The fourth-order valence-electron chi connectivity index (χ4n) is 10.7. The Kier molecular flexibility index (Phi) is 41.1. The maximum absolute atomic E-state index is 14.9. The molecule has 0 saturated carbocycles. The average molecular weight is 1230 g/mol. The number of hydrogen-bond acceptors (Lipinski definition) is 11. The van der Waals surface area contributed by atoms with Gasteiger partial charge in [-0.15, -0.1) is 0 Å². The van der Waals surface area contributed by atoms with E-state index >= 15 is 0 Å². The average Bonchev–Trinajstić information content (AvgIpc) is 2.56. The summed E-state index contributed by atoms with van der Waals surface area (Å²) in [5.41, 5.74) is 0.726. The van der Waals surface area contributed by atoms with E-state index in [1.165, 1.54) is 14.7 Å². The summed E-state index contributed by atoms with van der Waals surface area (Å²) in [5, 5.41) is 39.6. The molecule has 494 valence electrons. The lowest BCUT2D eigenvalue weighted by Gasteiger charge is -2.34. The monoisotopic (exact) mass is 1230 g/mol. The van der Waals surface area contributed by atoms with E-state index in [-0.39, 0.29) is 138 Å². The number of benzene rings is 1. The van der Waals surface area contributed by atoms with Crippen LogP contribution in [-0.2, 0) is 59.2 Å². The number of carboxylic acids is 3. The number of carbonyl (C=O) groups is 11. The molecule has 1 aromatic carbocycles. The third-order valence-corrected chi connectivity index (χ3v) is 15.2. The van der Waals surface area contributed by atoms with Gasteiger partial charge in [0.1, 0.15) is 24.2 Å². The number of nitrogens with one attached hydrogen (secondary N) is 4. The fraction of sp³-hybridized carbons (Fsp3) is 0.738. The number of amides is 8. The first kappa shape index (κ1) is 78.4. The van der Waals surface area contributed by atoms with Crippen molar-refractivity contribution >= 4 is 65.2 Å². The molecule has 0 spiro atoms. The van der Waals surface area contributed by atoms with E-state index in [4.69, 9.17) is 5.11 Å². The maximum atomic E-state index is 14.9. The summed E-state index contributed by atoms with van der Waals surface area (Å²) in [6.07, 6.45) is 8.11. The van der Waals surface area contributed by atoms with Crippen LogP contribution in [0.1, 0.15) is 216 Å². The first-order valence-electron chi connectivity index (χ1n) is 32.4. The Morgan fingerprint density at radius 2 is 0.713 bits per heavy atom. The topological polar surface area (TPSA) is 310 Å². The molecule has 1 rings (SSSR count). The minimum absolute atomic E-state index is 0.00430. The smallest absolute Gasteiger partial charge is 0.303 e. The summed E-state index contributed by atoms with van der Waals surface area (Å²) in [6, 6.07) is 5.41. The number of rotatable bonds is 50. The largest absolute Gasteiger partial charge is 0.481 e. The lowest BCUT2D eigenvalue weighted by molar-refractivity contribution is -0.144. The van der Waals surface area contributed by atoms with E-state index in [1.54, 1.807) is 17.0 Å². The van der Waals surface area contributed by atoms with Crippen molar-refractivity contribution in [3.8, 4) is 0 Å². The van der Waals surface area contributed by atoms with E-state index in [1.807, 2.05) is 80.5 Å². The number of unbranched alkanes of at least 4 members (excludes halogenated alkanes) is 8. The molecule has 1 aromatic rings. The molecular formula is C65H110N8O14. The Morgan fingerprint density at radius 1 is 0.356 bits per heavy atom. The molecule has 0 aliphatic heterocycles. The third-order valence-electron chi connectivity index (χ3n) is 15.2. The van der Waals surface area contributed by atoms with Crippen molar-refractivity contribution in [3.63, 3.8) is 0 Å². The maximum Gasteiger partial charge on any atom is 0.303 e. The highest BCUT2D eigenvalue weighted by molar-refractivity contribution is 5.91. The van der Waals surface area contributed by atoms with Crippen LogP contribution in [0.15, 0.2) is 30.3 Å². The molecule has 0 fully saturated rings. The normalized spacial score (nSPS) is 12.6. The van der Waals surface area contributed by atoms with Gasteiger partial charge in [-0.25, -0.2) is 0 Å². The van der Waals surface area contributed by atoms with Crippen molar-refractivity contribution in [2.45, 2.75) is 241 Å². The Balaban J connectivity index is 3.67. The highest BCUT2D eigenvalue weighted by atomic mass is 16.4. The molecule has 8 amide bonds. The highest BCUT2D eigenvalue weighted by Gasteiger charge is 2.36. The molecule has 0 radical (unpaired) electrons. The third kappa shape index (κ3) is 32.3. The van der Waals surface area contributed by atoms with Gasteiger partial charge in [0, 0.05) is 104 Å². The Hall–Kier alpha value is -6.61. The van der Waals surface area contributed by atoms with Crippen molar-refractivity contribution < 1.29 is 68.1 Å². The van der Waals surface area contributed by atoms with Crippen LogP contribution in [0.3, 0.4) is 0 Å². The van der Waals surface area contributed by atoms with Gasteiger partial charge in [-0.2, -0.15) is 0 Å². The van der Waals surface area contributed by atoms with Crippen molar-refractivity contribution in [3.05, 3.63) is 35.9 Å². The zero-order chi connectivity index (χ0) is 65.3. The molecule has 0 saturated heterocycles. The van der Waals surface area contributed by atoms with Gasteiger partial charge in [0.15, 0.2) is 0 Å². The molecule has 0 aliphatic rings. The number of aliphatic carboxylic acids is 3. The van der Waals surface area contributed by atoms with E-state index < -0.39 is 65.7 Å². The molecule has 7 N–H and O–H groups in total. The van der Waals surface area contributed by atoms with Crippen LogP contribution in [0.2, 0.25) is 0 Å². The number of nitrogens with zero attached hydrogens (tertiary/aromatic N) is 4. The van der Waals surface area contributed by atoms with E-state index in [0.717, 1.165) is 44.1 Å². The van der Waals surface area contributed by atoms with Crippen molar-refractivity contribution in [2.75, 3.05) is 52.4 Å². The molecule has 0 heterocycles. The molecule has 22 nitrogen and oxygen atoms in total. The zero-order valence-electron chi connectivity index (χ0n) is 54.2. The van der Waals surface area contributed by atoms with Gasteiger partial charge in [0.05, 0.1) is 0 Å². The Bertz CT molecular complexity index is 2250.